The Balaban J connectivity index is 2.45. The summed E-state index contributed by atoms with van der Waals surface area (Å²) in [6, 6.07) is 9.87. The predicted molar refractivity (Wildman–Crippen MR) is 83.0 cm³/mol. The second kappa shape index (κ2) is 5.87. The van der Waals surface area contributed by atoms with Crippen molar-refractivity contribution in [3.63, 3.8) is 0 Å². The second-order valence-corrected chi connectivity index (χ2v) is 5.04. The number of aryl methyl sites for hydroxylation is 2. The van der Waals surface area contributed by atoms with Crippen molar-refractivity contribution >= 4 is 11.6 Å². The van der Waals surface area contributed by atoms with Crippen molar-refractivity contribution in [2.24, 2.45) is 0 Å². The molecule has 0 fully saturated rings. The molecule has 4 heteroatoms. The van der Waals surface area contributed by atoms with Gasteiger partial charge in [-0.2, -0.15) is 0 Å². The molecule has 0 spiro atoms. The minimum absolute atomic E-state index is 0.0312. The molecule has 2 aromatic rings. The smallest absolute Gasteiger partial charge is 0.262 e. The molecule has 0 aromatic heterocycles. The molecule has 110 valence electrons. The highest BCUT2D eigenvalue weighted by molar-refractivity contribution is 6.08. The fraction of sp³-hybridized carbons (Fsp3) is 0.235. The Kier molecular flexibility index (Phi) is 4.17. The second-order valence-electron chi connectivity index (χ2n) is 5.04. The van der Waals surface area contributed by atoms with Gasteiger partial charge in [0.25, 0.3) is 5.91 Å². The van der Waals surface area contributed by atoms with Gasteiger partial charge in [0.05, 0.1) is 11.3 Å². The SMILES string of the molecule is CCN(C(=O)c1ccc(C)cc1O)c1cc(O)ccc1C. The molecule has 0 aliphatic heterocycles. The van der Waals surface area contributed by atoms with Crippen molar-refractivity contribution in [1.29, 1.82) is 0 Å². The van der Waals surface area contributed by atoms with Gasteiger partial charge in [-0.15, -0.1) is 0 Å². The average molecular weight is 285 g/mol. The summed E-state index contributed by atoms with van der Waals surface area (Å²) in [4.78, 5) is 14.2. The highest BCUT2D eigenvalue weighted by Crippen LogP contribution is 2.28. The van der Waals surface area contributed by atoms with Crippen molar-refractivity contribution in [1.82, 2.24) is 0 Å². The minimum Gasteiger partial charge on any atom is -0.508 e. The van der Waals surface area contributed by atoms with Crippen LogP contribution in [0, 0.1) is 13.8 Å². The quantitative estimate of drug-likeness (QED) is 0.908. The molecule has 0 saturated heterocycles. The Morgan fingerprint density at radius 3 is 2.43 bits per heavy atom. The molecule has 0 saturated carbocycles. The summed E-state index contributed by atoms with van der Waals surface area (Å²) in [5.41, 5.74) is 2.67. The van der Waals surface area contributed by atoms with Gasteiger partial charge in [0, 0.05) is 12.6 Å². The Morgan fingerprint density at radius 1 is 1.10 bits per heavy atom. The molecule has 2 rings (SSSR count). The molecule has 0 aliphatic carbocycles. The van der Waals surface area contributed by atoms with Gasteiger partial charge in [-0.25, -0.2) is 0 Å². The first-order valence-electron chi connectivity index (χ1n) is 6.85. The van der Waals surface area contributed by atoms with E-state index in [2.05, 4.69) is 0 Å². The lowest BCUT2D eigenvalue weighted by atomic mass is 10.1. The van der Waals surface area contributed by atoms with Crippen LogP contribution >= 0.6 is 0 Å². The van der Waals surface area contributed by atoms with E-state index in [4.69, 9.17) is 0 Å². The summed E-state index contributed by atoms with van der Waals surface area (Å²) in [5.74, 6) is -0.213. The van der Waals surface area contributed by atoms with Gasteiger partial charge in [-0.3, -0.25) is 4.79 Å². The highest BCUT2D eigenvalue weighted by Gasteiger charge is 2.20. The zero-order valence-electron chi connectivity index (χ0n) is 12.4. The van der Waals surface area contributed by atoms with Crippen LogP contribution in [0.5, 0.6) is 11.5 Å². The van der Waals surface area contributed by atoms with Crippen molar-refractivity contribution < 1.29 is 15.0 Å². The predicted octanol–water partition coefficient (Wildman–Crippen LogP) is 3.38. The molecule has 2 aromatic carbocycles. The number of hydrogen-bond donors (Lipinski definition) is 2. The van der Waals surface area contributed by atoms with Gasteiger partial charge < -0.3 is 15.1 Å². The molecule has 0 heterocycles. The van der Waals surface area contributed by atoms with E-state index in [1.165, 1.54) is 0 Å². The molecule has 0 bridgehead atoms. The summed E-state index contributed by atoms with van der Waals surface area (Å²) in [6.45, 7) is 6.02. The van der Waals surface area contributed by atoms with E-state index < -0.39 is 0 Å². The molecule has 0 aliphatic rings. The van der Waals surface area contributed by atoms with Gasteiger partial charge in [0.15, 0.2) is 0 Å². The number of hydrogen-bond acceptors (Lipinski definition) is 3. The summed E-state index contributed by atoms with van der Waals surface area (Å²) in [7, 11) is 0. The lowest BCUT2D eigenvalue weighted by molar-refractivity contribution is 0.0985. The molecule has 21 heavy (non-hydrogen) atoms. The van der Waals surface area contributed by atoms with E-state index in [1.807, 2.05) is 20.8 Å². The Hall–Kier alpha value is -2.49. The minimum atomic E-state index is -0.288. The zero-order valence-corrected chi connectivity index (χ0v) is 12.4. The van der Waals surface area contributed by atoms with Crippen LogP contribution in [0.3, 0.4) is 0 Å². The van der Waals surface area contributed by atoms with Crippen LogP contribution in [-0.4, -0.2) is 22.7 Å². The Bertz CT molecular complexity index is 680. The van der Waals surface area contributed by atoms with E-state index in [0.29, 0.717) is 12.2 Å². The third-order valence-corrected chi connectivity index (χ3v) is 3.43. The third-order valence-electron chi connectivity index (χ3n) is 3.43. The fourth-order valence-corrected chi connectivity index (χ4v) is 2.28. The van der Waals surface area contributed by atoms with E-state index in [-0.39, 0.29) is 23.0 Å². The van der Waals surface area contributed by atoms with Gasteiger partial charge in [-0.05, 0) is 50.1 Å². The van der Waals surface area contributed by atoms with Crippen molar-refractivity contribution in [2.45, 2.75) is 20.8 Å². The molecule has 0 radical (unpaired) electrons. The standard InChI is InChI=1S/C17H19NO3/c1-4-18(15-10-13(19)7-6-12(15)3)17(21)14-8-5-11(2)9-16(14)20/h5-10,19-20H,4H2,1-3H3. The number of carbonyl (C=O) groups excluding carboxylic acids is 1. The van der Waals surface area contributed by atoms with Crippen LogP contribution in [0.1, 0.15) is 28.4 Å². The first kappa shape index (κ1) is 14.9. The molecular weight excluding hydrogens is 266 g/mol. The number of rotatable bonds is 3. The largest absolute Gasteiger partial charge is 0.508 e. The highest BCUT2D eigenvalue weighted by atomic mass is 16.3. The van der Waals surface area contributed by atoms with Gasteiger partial charge in [0.1, 0.15) is 11.5 Å². The molecule has 1 amide bonds. The molecule has 0 atom stereocenters. The maximum Gasteiger partial charge on any atom is 0.262 e. The van der Waals surface area contributed by atoms with Crippen molar-refractivity contribution in [3.8, 4) is 11.5 Å². The van der Waals surface area contributed by atoms with E-state index >= 15 is 0 Å². The maximum absolute atomic E-state index is 12.7. The first-order valence-corrected chi connectivity index (χ1v) is 6.85. The number of phenols is 2. The van der Waals surface area contributed by atoms with Crippen molar-refractivity contribution in [3.05, 3.63) is 53.1 Å². The van der Waals surface area contributed by atoms with Crippen LogP contribution in [0.15, 0.2) is 36.4 Å². The number of carbonyl (C=O) groups is 1. The topological polar surface area (TPSA) is 60.8 Å². The Labute approximate surface area is 124 Å². The molecular formula is C17H19NO3. The lowest BCUT2D eigenvalue weighted by Gasteiger charge is -2.23. The third kappa shape index (κ3) is 2.99. The number of anilines is 1. The van der Waals surface area contributed by atoms with Crippen molar-refractivity contribution in [2.75, 3.05) is 11.4 Å². The summed E-state index contributed by atoms with van der Waals surface area (Å²) in [6.07, 6.45) is 0. The van der Waals surface area contributed by atoms with Gasteiger partial charge in [-0.1, -0.05) is 12.1 Å². The normalized spacial score (nSPS) is 10.4. The van der Waals surface area contributed by atoms with Crippen LogP contribution in [0.2, 0.25) is 0 Å². The van der Waals surface area contributed by atoms with E-state index in [0.717, 1.165) is 11.1 Å². The number of aromatic hydroxyl groups is 2. The van der Waals surface area contributed by atoms with Crippen LogP contribution in [0.25, 0.3) is 0 Å². The number of amides is 1. The monoisotopic (exact) mass is 285 g/mol. The van der Waals surface area contributed by atoms with Crippen LogP contribution < -0.4 is 4.90 Å². The first-order chi connectivity index (χ1) is 9.93. The lowest BCUT2D eigenvalue weighted by Crippen LogP contribution is -2.31. The average Bonchev–Trinajstić information content (AvgIpc) is 2.43. The summed E-state index contributed by atoms with van der Waals surface area (Å²) < 4.78 is 0. The maximum atomic E-state index is 12.7. The summed E-state index contributed by atoms with van der Waals surface area (Å²) in [5, 5.41) is 19.6. The number of benzene rings is 2. The van der Waals surface area contributed by atoms with E-state index in [1.54, 1.807) is 41.3 Å². The van der Waals surface area contributed by atoms with E-state index in [9.17, 15) is 15.0 Å². The van der Waals surface area contributed by atoms with Crippen LogP contribution in [0.4, 0.5) is 5.69 Å². The fourth-order valence-electron chi connectivity index (χ4n) is 2.28. The molecule has 2 N–H and O–H groups in total. The molecule has 4 nitrogen and oxygen atoms in total. The van der Waals surface area contributed by atoms with Gasteiger partial charge in [0.2, 0.25) is 0 Å². The van der Waals surface area contributed by atoms with Crippen LogP contribution in [-0.2, 0) is 0 Å². The molecule has 0 unspecified atom stereocenters. The summed E-state index contributed by atoms with van der Waals surface area (Å²) >= 11 is 0. The zero-order chi connectivity index (χ0) is 15.6. The Morgan fingerprint density at radius 2 is 1.81 bits per heavy atom. The number of nitrogens with zero attached hydrogens (tertiary/aromatic N) is 1. The van der Waals surface area contributed by atoms with Gasteiger partial charge >= 0.3 is 0 Å². The number of phenolic OH excluding ortho intramolecular Hbond substituents is 2.